The Kier molecular flexibility index (Phi) is 5.52. The number of para-hydroxylation sites is 1. The van der Waals surface area contributed by atoms with Crippen LogP contribution in [-0.2, 0) is 6.61 Å². The lowest BCUT2D eigenvalue weighted by molar-refractivity contribution is 0.0697. The summed E-state index contributed by atoms with van der Waals surface area (Å²) in [5.74, 6) is 1.53. The van der Waals surface area contributed by atoms with Crippen molar-refractivity contribution in [1.82, 2.24) is 0 Å². The van der Waals surface area contributed by atoms with Crippen LogP contribution in [0.1, 0.15) is 21.5 Å². The van der Waals surface area contributed by atoms with Crippen LogP contribution in [-0.4, -0.2) is 31.2 Å². The number of carboxylic acids is 1. The molecule has 0 saturated heterocycles. The first-order chi connectivity index (χ1) is 14.6. The average molecular weight is 405 g/mol. The van der Waals surface area contributed by atoms with Gasteiger partial charge >= 0.3 is 5.97 Å². The molecule has 1 heterocycles. The number of ether oxygens (including phenoxy) is 4. The number of hydrogen-bond acceptors (Lipinski definition) is 6. The number of rotatable bonds is 7. The Morgan fingerprint density at radius 1 is 1.10 bits per heavy atom. The molecule has 0 fully saturated rings. The van der Waals surface area contributed by atoms with Gasteiger partial charge in [0.25, 0.3) is 0 Å². The first-order valence-corrected chi connectivity index (χ1v) is 9.20. The Morgan fingerprint density at radius 3 is 2.67 bits per heavy atom. The summed E-state index contributed by atoms with van der Waals surface area (Å²) < 4.78 is 22.1. The molecule has 0 atom stereocenters. The fourth-order valence-electron chi connectivity index (χ4n) is 2.96. The zero-order valence-electron chi connectivity index (χ0n) is 16.2. The lowest BCUT2D eigenvalue weighted by Gasteiger charge is -2.13. The number of methoxy groups -OCH3 is 1. The minimum atomic E-state index is -0.964. The normalized spacial score (nSPS) is 12.2. The van der Waals surface area contributed by atoms with E-state index in [2.05, 4.69) is 4.99 Å². The first kappa shape index (κ1) is 19.3. The average Bonchev–Trinajstić information content (AvgIpc) is 3.24. The van der Waals surface area contributed by atoms with Crippen molar-refractivity contribution in [3.63, 3.8) is 0 Å². The number of carboxylic acid groups (broad SMARTS) is 1. The number of hydrogen-bond donors (Lipinski definition) is 1. The first-order valence-electron chi connectivity index (χ1n) is 9.20. The summed E-state index contributed by atoms with van der Waals surface area (Å²) in [6, 6.07) is 17.5. The van der Waals surface area contributed by atoms with Crippen molar-refractivity contribution in [1.29, 1.82) is 0 Å². The summed E-state index contributed by atoms with van der Waals surface area (Å²) in [6.07, 6.45) is 1.70. The molecule has 152 valence electrons. The summed E-state index contributed by atoms with van der Waals surface area (Å²) >= 11 is 0. The van der Waals surface area contributed by atoms with Gasteiger partial charge in [0.2, 0.25) is 6.79 Å². The Morgan fingerprint density at radius 2 is 1.90 bits per heavy atom. The molecule has 30 heavy (non-hydrogen) atoms. The summed E-state index contributed by atoms with van der Waals surface area (Å²) in [4.78, 5) is 15.5. The van der Waals surface area contributed by atoms with E-state index < -0.39 is 5.97 Å². The third-order valence-electron chi connectivity index (χ3n) is 4.52. The van der Waals surface area contributed by atoms with Crippen molar-refractivity contribution < 1.29 is 28.8 Å². The number of aliphatic imine (C=N–C) groups is 1. The van der Waals surface area contributed by atoms with E-state index in [0.29, 0.717) is 23.0 Å². The third kappa shape index (κ3) is 4.20. The topological polar surface area (TPSA) is 86.6 Å². The van der Waals surface area contributed by atoms with Crippen molar-refractivity contribution in [2.75, 3.05) is 13.9 Å². The zero-order valence-corrected chi connectivity index (χ0v) is 16.2. The second kappa shape index (κ2) is 8.57. The van der Waals surface area contributed by atoms with E-state index in [1.807, 2.05) is 30.3 Å². The fourth-order valence-corrected chi connectivity index (χ4v) is 2.96. The highest BCUT2D eigenvalue weighted by atomic mass is 16.7. The minimum absolute atomic E-state index is 0.212. The van der Waals surface area contributed by atoms with E-state index in [1.54, 1.807) is 43.7 Å². The number of fused-ring (bicyclic) bond motifs is 1. The van der Waals surface area contributed by atoms with Crippen molar-refractivity contribution >= 4 is 17.9 Å². The maximum Gasteiger partial charge on any atom is 0.335 e. The van der Waals surface area contributed by atoms with E-state index in [0.717, 1.165) is 16.8 Å². The van der Waals surface area contributed by atoms with E-state index in [4.69, 9.17) is 24.1 Å². The maximum atomic E-state index is 11.0. The molecule has 0 aliphatic carbocycles. The van der Waals surface area contributed by atoms with Gasteiger partial charge in [-0.2, -0.15) is 0 Å². The van der Waals surface area contributed by atoms with Crippen LogP contribution in [0.15, 0.2) is 65.7 Å². The monoisotopic (exact) mass is 405 g/mol. The van der Waals surface area contributed by atoms with Crippen LogP contribution in [0.25, 0.3) is 0 Å². The highest BCUT2D eigenvalue weighted by Gasteiger charge is 2.13. The summed E-state index contributed by atoms with van der Waals surface area (Å²) in [6.45, 7) is 0.467. The third-order valence-corrected chi connectivity index (χ3v) is 4.52. The predicted molar refractivity (Wildman–Crippen MR) is 111 cm³/mol. The van der Waals surface area contributed by atoms with Crippen LogP contribution in [0.5, 0.6) is 23.0 Å². The Balaban J connectivity index is 1.54. The number of benzene rings is 3. The van der Waals surface area contributed by atoms with E-state index >= 15 is 0 Å². The molecule has 0 bridgehead atoms. The molecule has 1 N–H and O–H groups in total. The van der Waals surface area contributed by atoms with Crippen molar-refractivity contribution in [3.8, 4) is 23.0 Å². The smallest absolute Gasteiger partial charge is 0.335 e. The van der Waals surface area contributed by atoms with Gasteiger partial charge in [-0.05, 0) is 42.0 Å². The van der Waals surface area contributed by atoms with Crippen molar-refractivity contribution in [3.05, 3.63) is 77.4 Å². The minimum Gasteiger partial charge on any atom is -0.493 e. The number of aromatic carboxylic acids is 1. The van der Waals surface area contributed by atoms with Gasteiger partial charge in [0.05, 0.1) is 18.4 Å². The molecular formula is C23H19NO6. The van der Waals surface area contributed by atoms with Gasteiger partial charge in [0, 0.05) is 17.8 Å². The highest BCUT2D eigenvalue weighted by Crippen LogP contribution is 2.36. The molecule has 3 aromatic carbocycles. The quantitative estimate of drug-likeness (QED) is 0.585. The van der Waals surface area contributed by atoms with Gasteiger partial charge in [-0.1, -0.05) is 18.2 Å². The largest absolute Gasteiger partial charge is 0.493 e. The molecule has 1 aliphatic rings. The Labute approximate surface area is 173 Å². The van der Waals surface area contributed by atoms with Crippen LogP contribution in [0, 0.1) is 0 Å². The van der Waals surface area contributed by atoms with Crippen LogP contribution in [0.2, 0.25) is 0 Å². The maximum absolute atomic E-state index is 11.0. The summed E-state index contributed by atoms with van der Waals surface area (Å²) in [5, 5.41) is 9.02. The second-order valence-corrected chi connectivity index (χ2v) is 6.47. The van der Waals surface area contributed by atoms with Crippen LogP contribution >= 0.6 is 0 Å². The van der Waals surface area contributed by atoms with Crippen LogP contribution in [0.4, 0.5) is 5.69 Å². The molecule has 1 aliphatic heterocycles. The van der Waals surface area contributed by atoms with Crippen LogP contribution in [0.3, 0.4) is 0 Å². The zero-order chi connectivity index (χ0) is 20.9. The molecule has 0 spiro atoms. The van der Waals surface area contributed by atoms with Gasteiger partial charge in [-0.25, -0.2) is 4.79 Å². The Hall–Kier alpha value is -4.00. The van der Waals surface area contributed by atoms with Crippen molar-refractivity contribution in [2.45, 2.75) is 6.61 Å². The molecule has 7 nitrogen and oxygen atoms in total. The van der Waals surface area contributed by atoms with Gasteiger partial charge in [-0.15, -0.1) is 0 Å². The van der Waals surface area contributed by atoms with E-state index in [9.17, 15) is 4.79 Å². The number of nitrogens with zero attached hydrogens (tertiary/aromatic N) is 1. The van der Waals surface area contributed by atoms with Gasteiger partial charge in [-0.3, -0.25) is 4.99 Å². The standard InChI is InChI=1S/C23H19NO6/c1-27-20-4-2-3-17(12-24-18-9-10-19-21(11-18)30-14-29-19)22(20)28-13-15-5-7-16(8-6-15)23(25)26/h2-12H,13-14H2,1H3,(H,25,26). The lowest BCUT2D eigenvalue weighted by atomic mass is 10.1. The van der Waals surface area contributed by atoms with E-state index in [-0.39, 0.29) is 19.0 Å². The van der Waals surface area contributed by atoms with Crippen molar-refractivity contribution in [2.24, 2.45) is 4.99 Å². The highest BCUT2D eigenvalue weighted by molar-refractivity contribution is 5.88. The summed E-state index contributed by atoms with van der Waals surface area (Å²) in [7, 11) is 1.57. The second-order valence-electron chi connectivity index (χ2n) is 6.47. The molecule has 0 radical (unpaired) electrons. The lowest BCUT2D eigenvalue weighted by Crippen LogP contribution is -2.02. The Bertz CT molecular complexity index is 1090. The molecule has 0 aromatic heterocycles. The van der Waals surface area contributed by atoms with Gasteiger partial charge in [0.15, 0.2) is 23.0 Å². The van der Waals surface area contributed by atoms with E-state index in [1.165, 1.54) is 0 Å². The molecule has 0 amide bonds. The van der Waals surface area contributed by atoms with Gasteiger partial charge < -0.3 is 24.1 Å². The molecule has 7 heteroatoms. The summed E-state index contributed by atoms with van der Waals surface area (Å²) in [5.41, 5.74) is 2.53. The van der Waals surface area contributed by atoms with Crippen LogP contribution < -0.4 is 18.9 Å². The molecule has 0 unspecified atom stereocenters. The number of carbonyl (C=O) groups is 1. The molecule has 0 saturated carbocycles. The van der Waals surface area contributed by atoms with Gasteiger partial charge in [0.1, 0.15) is 6.61 Å². The molecule has 4 rings (SSSR count). The fraction of sp³-hybridized carbons (Fsp3) is 0.130. The molecular weight excluding hydrogens is 386 g/mol. The predicted octanol–water partition coefficient (Wildman–Crippen LogP) is 4.45. The molecule has 3 aromatic rings. The SMILES string of the molecule is COc1cccc(C=Nc2ccc3c(c2)OCO3)c1OCc1ccc(C(=O)O)cc1.